The van der Waals surface area contributed by atoms with Crippen LogP contribution in [0, 0.1) is 76.4 Å². The fourth-order valence-electron chi connectivity index (χ4n) is 13.9. The standard InChI is InChI=1S/C82H86N10O2S4/c1-8-12-16-20-22-26-30-51(28-24-18-14-10-3)40-54-43-69(97-67(54)46-57-34-38-65(95-57)73-71(63(49-84)91-6)59-36-32-53(48-83)42-61(59)81(73)93)75-77(86)79(88)76(80(89)78(75)87)70-44-55(41-52(29-25-19-15-11-4)31-27-23-21-17-13-9-2)68(98-70)47-58-35-39-66(96-58)74-72(64(50-85)92-7)60-37-33-56(90-5)45-62(60)82(74)94/h32-39,42-47,51-52,86,88H,8-31,40-41,87,89H2,1-4H3/b57-46+,58-47+,71-63?,72-64+,73-65+,74-66+,86-77?,88-79?. The number of nitrogens with two attached hydrogens (primary N) is 2. The summed E-state index contributed by atoms with van der Waals surface area (Å²) in [5.74, 6) is 0.106. The van der Waals surface area contributed by atoms with Crippen molar-refractivity contribution in [3.63, 3.8) is 0 Å². The van der Waals surface area contributed by atoms with E-state index in [-0.39, 0.29) is 73.6 Å². The number of nitrogens with one attached hydrogen (secondary N) is 2. The first-order valence-corrected chi connectivity index (χ1v) is 38.2. The van der Waals surface area contributed by atoms with Gasteiger partial charge in [-0.05, 0) is 114 Å². The molecule has 3 aliphatic carbocycles. The number of carbonyl (C=O) groups is 2. The molecule has 2 atom stereocenters. The number of fused-ring (bicyclic) bond motifs is 2. The quantitative estimate of drug-likeness (QED) is 0.0138. The van der Waals surface area contributed by atoms with E-state index in [2.05, 4.69) is 72.6 Å². The summed E-state index contributed by atoms with van der Waals surface area (Å²) in [6.45, 7) is 32.5. The SMILES string of the molecule is [C-]#[N+]C(C#N)=C1/C(=c2/cc/c(=C\c3sc(C4=C(N)C(N)=C(c5cc(CC(CCCCCC)CCCCCCCC)c(/C=c6\cc/c(=C7\C(=O)c8cc([N+]#[C-])ccc8\C7=C(\C#N)[N+]#[C-])s6)s5)C(=N)C4=N)cc3CC(CCCCCC)CCCCCCCC)s2)C(=O)c2cc(C#N)ccc21. The van der Waals surface area contributed by atoms with E-state index in [1.54, 1.807) is 24.3 Å². The fraction of sp³-hybridized carbons (Fsp3) is 0.390. The number of ketones is 2. The number of unbranched alkanes of at least 4 members (excludes halogenated alkanes) is 16. The number of hydrogen-bond donors (Lipinski definition) is 4. The Hall–Kier alpha value is -9.10. The fourth-order valence-corrected chi connectivity index (χ4v) is 18.4. The Labute approximate surface area is 594 Å². The third-order valence-electron chi connectivity index (χ3n) is 19.1. The second-order valence-electron chi connectivity index (χ2n) is 26.0. The molecule has 16 heteroatoms. The Balaban J connectivity index is 1.17. The minimum atomic E-state index is -0.345. The third kappa shape index (κ3) is 16.9. The van der Waals surface area contributed by atoms with Crippen LogP contribution in [0.25, 0.3) is 60.1 Å². The molecule has 0 saturated carbocycles. The van der Waals surface area contributed by atoms with Crippen LogP contribution in [0.3, 0.4) is 0 Å². The van der Waals surface area contributed by atoms with E-state index >= 15 is 0 Å². The van der Waals surface area contributed by atoms with Crippen molar-refractivity contribution < 1.29 is 9.59 Å². The van der Waals surface area contributed by atoms with Gasteiger partial charge in [0.25, 0.3) is 11.4 Å². The molecule has 9 rings (SSSR count). The topological polar surface area (TPSA) is 218 Å². The van der Waals surface area contributed by atoms with Gasteiger partial charge in [-0.1, -0.05) is 200 Å². The number of carbonyl (C=O) groups excluding carboxylic acids is 2. The minimum absolute atomic E-state index is 0.0291. The van der Waals surface area contributed by atoms with Gasteiger partial charge in [-0.15, -0.1) is 45.3 Å². The summed E-state index contributed by atoms with van der Waals surface area (Å²) in [6, 6.07) is 27.7. The van der Waals surface area contributed by atoms with Crippen molar-refractivity contribution in [2.24, 2.45) is 23.3 Å². The number of nitriles is 3. The van der Waals surface area contributed by atoms with Crippen molar-refractivity contribution in [1.29, 1.82) is 26.6 Å². The molecule has 0 amide bonds. The number of thiophene rings is 4. The number of allylic oxidation sites excluding steroid dienone is 6. The summed E-state index contributed by atoms with van der Waals surface area (Å²) in [5, 5.41) is 50.2. The van der Waals surface area contributed by atoms with E-state index in [0.29, 0.717) is 60.0 Å². The lowest BCUT2D eigenvalue weighted by atomic mass is 9.86. The van der Waals surface area contributed by atoms with E-state index in [9.17, 15) is 36.2 Å². The van der Waals surface area contributed by atoms with Crippen LogP contribution in [0.2, 0.25) is 0 Å². The first kappa shape index (κ1) is 73.2. The van der Waals surface area contributed by atoms with Crippen LogP contribution < -0.4 is 29.6 Å². The Morgan fingerprint density at radius 1 is 0.490 bits per heavy atom. The van der Waals surface area contributed by atoms with Crippen molar-refractivity contribution in [3.8, 4) is 18.2 Å². The Morgan fingerprint density at radius 2 is 0.878 bits per heavy atom. The molecule has 3 aliphatic rings. The van der Waals surface area contributed by atoms with Crippen LogP contribution in [-0.4, -0.2) is 23.0 Å². The molecule has 0 spiro atoms. The monoisotopic (exact) mass is 1370 g/mol. The van der Waals surface area contributed by atoms with Gasteiger partial charge >= 0.3 is 0 Å². The van der Waals surface area contributed by atoms with Crippen molar-refractivity contribution >= 4 is 120 Å². The first-order chi connectivity index (χ1) is 47.7. The average molecular weight is 1370 g/mol. The van der Waals surface area contributed by atoms with Gasteiger partial charge in [-0.2, -0.15) is 5.26 Å². The predicted molar refractivity (Wildman–Crippen MR) is 406 cm³/mol. The largest absolute Gasteiger partial charge is 0.396 e. The summed E-state index contributed by atoms with van der Waals surface area (Å²) < 4.78 is 2.88. The summed E-state index contributed by atoms with van der Waals surface area (Å²) >= 11 is 5.81. The Morgan fingerprint density at radius 3 is 1.27 bits per heavy atom. The molecule has 0 saturated heterocycles. The summed E-state index contributed by atoms with van der Waals surface area (Å²) in [4.78, 5) is 42.7. The van der Waals surface area contributed by atoms with E-state index in [0.717, 1.165) is 117 Å². The molecule has 6 aromatic rings. The molecular formula is C82H86N10O2S4. The molecule has 4 aromatic heterocycles. The van der Waals surface area contributed by atoms with E-state index in [4.69, 9.17) is 31.2 Å². The predicted octanol–water partition coefficient (Wildman–Crippen LogP) is 19.3. The Kier molecular flexibility index (Phi) is 26.4. The maximum Gasteiger partial charge on any atom is 0.270 e. The maximum absolute atomic E-state index is 14.4. The molecule has 2 aromatic carbocycles. The van der Waals surface area contributed by atoms with Gasteiger partial charge in [-0.3, -0.25) is 20.4 Å². The van der Waals surface area contributed by atoms with Gasteiger partial charge in [0.2, 0.25) is 0 Å². The highest BCUT2D eigenvalue weighted by molar-refractivity contribution is 7.16. The molecule has 2 unspecified atom stereocenters. The van der Waals surface area contributed by atoms with Crippen molar-refractivity contribution in [2.45, 2.75) is 195 Å². The molecule has 6 N–H and O–H groups in total. The molecule has 12 nitrogen and oxygen atoms in total. The zero-order valence-corrected chi connectivity index (χ0v) is 60.2. The van der Waals surface area contributed by atoms with Crippen molar-refractivity contribution in [3.05, 3.63) is 206 Å². The minimum Gasteiger partial charge on any atom is -0.396 e. The van der Waals surface area contributed by atoms with E-state index in [1.165, 1.54) is 147 Å². The van der Waals surface area contributed by atoms with Gasteiger partial charge in [0, 0.05) is 82.2 Å². The molecule has 0 bridgehead atoms. The van der Waals surface area contributed by atoms with Crippen molar-refractivity contribution in [1.82, 2.24) is 0 Å². The lowest BCUT2D eigenvalue weighted by Crippen LogP contribution is -2.29. The zero-order valence-electron chi connectivity index (χ0n) is 56.9. The van der Waals surface area contributed by atoms with E-state index < -0.39 is 0 Å². The Bertz CT molecular complexity index is 4410. The first-order valence-electron chi connectivity index (χ1n) is 35.0. The summed E-state index contributed by atoms with van der Waals surface area (Å²) in [5.41, 5.74) is 20.9. The summed E-state index contributed by atoms with van der Waals surface area (Å²) in [7, 11) is 0. The van der Waals surface area contributed by atoms with Gasteiger partial charge in [0.1, 0.15) is 0 Å². The molecular weight excluding hydrogens is 1290 g/mol. The van der Waals surface area contributed by atoms with Gasteiger partial charge < -0.3 is 11.5 Å². The average Bonchev–Trinajstić information content (AvgIpc) is 1.52. The second-order valence-corrected chi connectivity index (χ2v) is 30.4. The molecule has 500 valence electrons. The van der Waals surface area contributed by atoms with Gasteiger partial charge in [0.15, 0.2) is 17.3 Å². The number of nitrogens with zero attached hydrogens (tertiary/aromatic N) is 6. The van der Waals surface area contributed by atoms with E-state index in [1.807, 2.05) is 36.4 Å². The number of Topliss-reactive ketones (excluding diaryl/α,β-unsaturated/α-hetero) is 2. The van der Waals surface area contributed by atoms with Crippen LogP contribution in [0.1, 0.15) is 250 Å². The lowest BCUT2D eigenvalue weighted by Gasteiger charge is -2.22. The van der Waals surface area contributed by atoms with Gasteiger partial charge in [-0.25, -0.2) is 25.1 Å². The second kappa shape index (κ2) is 35.4. The number of benzene rings is 2. The molecule has 0 radical (unpaired) electrons. The lowest BCUT2D eigenvalue weighted by molar-refractivity contribution is 0.105. The molecule has 0 fully saturated rings. The molecule has 4 heterocycles. The molecule has 98 heavy (non-hydrogen) atoms. The maximum atomic E-state index is 14.4. The summed E-state index contributed by atoms with van der Waals surface area (Å²) in [6.07, 6.45) is 33.8. The smallest absolute Gasteiger partial charge is 0.270 e. The highest BCUT2D eigenvalue weighted by Gasteiger charge is 2.36. The van der Waals surface area contributed by atoms with Crippen LogP contribution in [-0.2, 0) is 12.8 Å². The number of rotatable bonds is 32. The van der Waals surface area contributed by atoms with Crippen LogP contribution >= 0.6 is 45.3 Å². The zero-order chi connectivity index (χ0) is 69.8. The van der Waals surface area contributed by atoms with Crippen molar-refractivity contribution in [2.75, 3.05) is 0 Å². The number of hydrogen-bond acceptors (Lipinski definition) is 13. The highest BCUT2D eigenvalue weighted by Crippen LogP contribution is 2.45. The highest BCUT2D eigenvalue weighted by atomic mass is 32.1. The van der Waals surface area contributed by atoms with Crippen LogP contribution in [0.5, 0.6) is 0 Å². The molecule has 0 aliphatic heterocycles. The third-order valence-corrected chi connectivity index (χ3v) is 23.5. The van der Waals surface area contributed by atoms with Crippen LogP contribution in [0.15, 0.2) is 95.6 Å². The normalized spacial score (nSPS) is 16.8. The van der Waals surface area contributed by atoms with Gasteiger partial charge in [0.05, 0.1) is 66.3 Å². The van der Waals surface area contributed by atoms with Crippen LogP contribution in [0.4, 0.5) is 5.69 Å².